The number of nitrogens with zero attached hydrogens (tertiary/aromatic N) is 2. The molecule has 1 aliphatic rings. The summed E-state index contributed by atoms with van der Waals surface area (Å²) in [5, 5.41) is 9.12. The van der Waals surface area contributed by atoms with Crippen LogP contribution in [0.25, 0.3) is 0 Å². The summed E-state index contributed by atoms with van der Waals surface area (Å²) in [6.45, 7) is 0.653. The van der Waals surface area contributed by atoms with Crippen LogP contribution in [0.15, 0.2) is 0 Å². The predicted molar refractivity (Wildman–Crippen MR) is 72.7 cm³/mol. The number of hydrogen-bond donors (Lipinski definition) is 1. The first-order chi connectivity index (χ1) is 8.95. The van der Waals surface area contributed by atoms with Crippen molar-refractivity contribution in [2.24, 2.45) is 0 Å². The first-order valence-corrected chi connectivity index (χ1v) is 8.19. The molecule has 1 heterocycles. The summed E-state index contributed by atoms with van der Waals surface area (Å²) < 4.78 is 37.4. The Morgan fingerprint density at radius 3 is 2.47 bits per heavy atom. The molecule has 0 saturated heterocycles. The second kappa shape index (κ2) is 5.87. The van der Waals surface area contributed by atoms with Gasteiger partial charge in [-0.05, 0) is 19.1 Å². The molecule has 1 N–H and O–H groups in total. The van der Waals surface area contributed by atoms with Gasteiger partial charge in [0.2, 0.25) is 10.1 Å². The maximum atomic E-state index is 12.4. The van der Waals surface area contributed by atoms with Crippen molar-refractivity contribution in [1.82, 2.24) is 10.2 Å². The van der Waals surface area contributed by atoms with Crippen LogP contribution in [-0.2, 0) is 6.18 Å². The molecule has 1 fully saturated rings. The fraction of sp³-hybridized carbons (Fsp3) is 0.818. The number of hydrogen-bond acceptors (Lipinski definition) is 5. The summed E-state index contributed by atoms with van der Waals surface area (Å²) in [4.78, 5) is 0. The molecular weight excluding hydrogens is 295 g/mol. The van der Waals surface area contributed by atoms with Gasteiger partial charge in [0.1, 0.15) is 0 Å². The van der Waals surface area contributed by atoms with Gasteiger partial charge < -0.3 is 5.32 Å². The summed E-state index contributed by atoms with van der Waals surface area (Å²) >= 11 is 2.37. The van der Waals surface area contributed by atoms with Crippen LogP contribution in [-0.4, -0.2) is 27.7 Å². The lowest BCUT2D eigenvalue weighted by molar-refractivity contribution is -0.138. The highest BCUT2D eigenvalue weighted by Crippen LogP contribution is 2.39. The zero-order valence-electron chi connectivity index (χ0n) is 10.6. The average Bonchev–Trinajstić information content (AvgIpc) is 2.86. The molecule has 0 amide bonds. The maximum Gasteiger partial charge on any atom is 0.445 e. The first-order valence-electron chi connectivity index (χ1n) is 6.15. The van der Waals surface area contributed by atoms with Gasteiger partial charge in [0.15, 0.2) is 0 Å². The molecule has 0 aliphatic heterocycles. The number of thioether (sulfide) groups is 1. The summed E-state index contributed by atoms with van der Waals surface area (Å²) in [5.74, 6) is 0. The smallest absolute Gasteiger partial charge is 0.359 e. The van der Waals surface area contributed by atoms with Crippen LogP contribution in [0, 0.1) is 0 Å². The molecule has 2 rings (SSSR count). The van der Waals surface area contributed by atoms with Crippen LogP contribution in [0.2, 0.25) is 0 Å². The zero-order chi connectivity index (χ0) is 13.9. The summed E-state index contributed by atoms with van der Waals surface area (Å²) in [5.41, 5.74) is 0. The van der Waals surface area contributed by atoms with Gasteiger partial charge in [0, 0.05) is 11.3 Å². The molecule has 8 heteroatoms. The minimum absolute atomic E-state index is 0.127. The molecule has 0 aromatic carbocycles. The standard InChI is InChI=1S/C11H16F3N3S2/c1-18-10(5-3-2-4-6-10)7-15-9-17-16-8(19-9)11(12,13)14/h2-7H2,1H3,(H,15,17). The van der Waals surface area contributed by atoms with Crippen LogP contribution in [0.4, 0.5) is 18.3 Å². The van der Waals surface area contributed by atoms with Crippen molar-refractivity contribution in [3.05, 3.63) is 5.01 Å². The summed E-state index contributed by atoms with van der Waals surface area (Å²) in [6.07, 6.45) is 3.49. The highest BCUT2D eigenvalue weighted by atomic mass is 32.2. The van der Waals surface area contributed by atoms with E-state index in [1.165, 1.54) is 19.3 Å². The van der Waals surface area contributed by atoms with Crippen molar-refractivity contribution in [2.75, 3.05) is 18.1 Å². The number of anilines is 1. The minimum atomic E-state index is -4.40. The third-order valence-electron chi connectivity index (χ3n) is 3.43. The number of nitrogens with one attached hydrogen (secondary N) is 1. The van der Waals surface area contributed by atoms with E-state index in [1.807, 2.05) is 0 Å². The number of alkyl halides is 3. The van der Waals surface area contributed by atoms with E-state index in [-0.39, 0.29) is 9.88 Å². The number of halogens is 3. The lowest BCUT2D eigenvalue weighted by Gasteiger charge is -2.35. The molecule has 0 radical (unpaired) electrons. The fourth-order valence-electron chi connectivity index (χ4n) is 2.30. The quantitative estimate of drug-likeness (QED) is 0.911. The Kier molecular flexibility index (Phi) is 4.60. The lowest BCUT2D eigenvalue weighted by atomic mass is 9.88. The Hall–Kier alpha value is -0.500. The molecule has 1 saturated carbocycles. The lowest BCUT2D eigenvalue weighted by Crippen LogP contribution is -2.35. The van der Waals surface area contributed by atoms with Crippen molar-refractivity contribution >= 4 is 28.2 Å². The van der Waals surface area contributed by atoms with E-state index in [1.54, 1.807) is 11.8 Å². The molecule has 1 aromatic rings. The fourth-order valence-corrected chi connectivity index (χ4v) is 3.82. The van der Waals surface area contributed by atoms with Crippen LogP contribution in [0.3, 0.4) is 0 Å². The van der Waals surface area contributed by atoms with Gasteiger partial charge in [0.05, 0.1) is 0 Å². The van der Waals surface area contributed by atoms with E-state index >= 15 is 0 Å². The second-order valence-corrected chi connectivity index (χ2v) is 6.96. The molecule has 0 unspecified atom stereocenters. The predicted octanol–water partition coefficient (Wildman–Crippen LogP) is 4.03. The van der Waals surface area contributed by atoms with Gasteiger partial charge in [-0.3, -0.25) is 0 Å². The summed E-state index contributed by atoms with van der Waals surface area (Å²) in [7, 11) is 0. The van der Waals surface area contributed by atoms with Crippen LogP contribution < -0.4 is 5.32 Å². The van der Waals surface area contributed by atoms with Crippen LogP contribution >= 0.6 is 23.1 Å². The topological polar surface area (TPSA) is 37.8 Å². The van der Waals surface area contributed by atoms with Crippen LogP contribution in [0.1, 0.15) is 37.1 Å². The Labute approximate surface area is 118 Å². The maximum absolute atomic E-state index is 12.4. The van der Waals surface area contributed by atoms with E-state index in [0.29, 0.717) is 17.9 Å². The third-order valence-corrected chi connectivity index (χ3v) is 5.77. The highest BCUT2D eigenvalue weighted by molar-refractivity contribution is 8.00. The average molecular weight is 311 g/mol. The van der Waals surface area contributed by atoms with E-state index in [9.17, 15) is 13.2 Å². The van der Waals surface area contributed by atoms with Crippen LogP contribution in [0.5, 0.6) is 0 Å². The van der Waals surface area contributed by atoms with E-state index < -0.39 is 11.2 Å². The Bertz CT molecular complexity index is 414. The molecule has 19 heavy (non-hydrogen) atoms. The normalized spacial score (nSPS) is 19.4. The van der Waals surface area contributed by atoms with Gasteiger partial charge in [-0.25, -0.2) is 0 Å². The molecule has 0 spiro atoms. The van der Waals surface area contributed by atoms with Gasteiger partial charge in [0.25, 0.3) is 0 Å². The monoisotopic (exact) mass is 311 g/mol. The molecule has 1 aliphatic carbocycles. The van der Waals surface area contributed by atoms with Crippen molar-refractivity contribution in [2.45, 2.75) is 43.0 Å². The van der Waals surface area contributed by atoms with Crippen molar-refractivity contribution < 1.29 is 13.2 Å². The minimum Gasteiger partial charge on any atom is -0.359 e. The Morgan fingerprint density at radius 1 is 1.26 bits per heavy atom. The van der Waals surface area contributed by atoms with Crippen molar-refractivity contribution in [1.29, 1.82) is 0 Å². The van der Waals surface area contributed by atoms with E-state index in [2.05, 4.69) is 21.8 Å². The van der Waals surface area contributed by atoms with Gasteiger partial charge >= 0.3 is 6.18 Å². The number of aromatic nitrogens is 2. The largest absolute Gasteiger partial charge is 0.445 e. The van der Waals surface area contributed by atoms with Crippen molar-refractivity contribution in [3.63, 3.8) is 0 Å². The zero-order valence-corrected chi connectivity index (χ0v) is 12.2. The van der Waals surface area contributed by atoms with Gasteiger partial charge in [-0.1, -0.05) is 30.6 Å². The highest BCUT2D eigenvalue weighted by Gasteiger charge is 2.36. The number of rotatable bonds is 4. The Balaban J connectivity index is 1.96. The van der Waals surface area contributed by atoms with Gasteiger partial charge in [-0.15, -0.1) is 10.2 Å². The second-order valence-electron chi connectivity index (χ2n) is 4.71. The van der Waals surface area contributed by atoms with E-state index in [4.69, 9.17) is 0 Å². The molecule has 0 atom stereocenters. The summed E-state index contributed by atoms with van der Waals surface area (Å²) in [6, 6.07) is 0. The third kappa shape index (κ3) is 3.75. The van der Waals surface area contributed by atoms with Gasteiger partial charge in [-0.2, -0.15) is 24.9 Å². The molecular formula is C11H16F3N3S2. The first kappa shape index (κ1) is 14.9. The molecule has 0 bridgehead atoms. The molecule has 3 nitrogen and oxygen atoms in total. The Morgan fingerprint density at radius 2 is 1.95 bits per heavy atom. The SMILES string of the molecule is CSC1(CNc2nnc(C(F)(F)F)s2)CCCCC1. The van der Waals surface area contributed by atoms with Crippen molar-refractivity contribution in [3.8, 4) is 0 Å². The molecule has 108 valence electrons. The molecule has 1 aromatic heterocycles. The van der Waals surface area contributed by atoms with E-state index in [0.717, 1.165) is 12.8 Å².